The Bertz CT molecular complexity index is 403. The van der Waals surface area contributed by atoms with Gasteiger partial charge in [-0.25, -0.2) is 0 Å². The molecule has 0 saturated carbocycles. The van der Waals surface area contributed by atoms with Crippen LogP contribution in [0.1, 0.15) is 25.3 Å². The molecule has 1 amide bonds. The molecule has 0 fully saturated rings. The molecule has 1 rings (SSSR count). The molecule has 0 bridgehead atoms. The Labute approximate surface area is 102 Å². The number of benzene rings is 1. The molecular weight excluding hydrogens is 214 g/mol. The smallest absolute Gasteiger partial charge is 0.296 e. The van der Waals surface area contributed by atoms with Gasteiger partial charge in [-0.05, 0) is 31.9 Å². The summed E-state index contributed by atoms with van der Waals surface area (Å²) >= 11 is 0. The van der Waals surface area contributed by atoms with Crippen LogP contribution in [-0.2, 0) is 4.79 Å². The number of amides is 1. The van der Waals surface area contributed by atoms with Gasteiger partial charge in [0.1, 0.15) is 0 Å². The molecule has 17 heavy (non-hydrogen) atoms. The third-order valence-electron chi connectivity index (χ3n) is 2.27. The van der Waals surface area contributed by atoms with Crippen LogP contribution >= 0.6 is 0 Å². The van der Waals surface area contributed by atoms with Crippen LogP contribution in [0.25, 0.3) is 0 Å². The van der Waals surface area contributed by atoms with Crippen LogP contribution in [0.2, 0.25) is 0 Å². The van der Waals surface area contributed by atoms with Gasteiger partial charge in [0.25, 0.3) is 5.91 Å². The highest BCUT2D eigenvalue weighted by atomic mass is 16.2. The molecule has 0 radical (unpaired) electrons. The van der Waals surface area contributed by atoms with E-state index >= 15 is 0 Å². The summed E-state index contributed by atoms with van der Waals surface area (Å²) in [5.41, 5.74) is 0.825. The molecule has 0 saturated heterocycles. The van der Waals surface area contributed by atoms with Crippen LogP contribution < -0.4 is 5.32 Å². The maximum absolute atomic E-state index is 11.4. The maximum Gasteiger partial charge on any atom is 0.296 e. The van der Waals surface area contributed by atoms with Gasteiger partial charge in [0, 0.05) is 24.1 Å². The molecule has 2 N–H and O–H groups in total. The number of aliphatic hydroxyl groups excluding tert-OH is 1. The van der Waals surface area contributed by atoms with E-state index in [0.29, 0.717) is 6.42 Å². The molecule has 90 valence electrons. The standard InChI is InChI=1S/C14H17NO2/c1-12(6-5-11-16)15-14(17)10-9-13-7-3-2-4-8-13/h2-4,7-8,12,16H,5-6,11H2,1H3,(H,15,17). The highest BCUT2D eigenvalue weighted by molar-refractivity contribution is 5.94. The normalized spacial score (nSPS) is 11.2. The molecule has 0 spiro atoms. The minimum atomic E-state index is -0.278. The lowest BCUT2D eigenvalue weighted by atomic mass is 10.2. The Morgan fingerprint density at radius 1 is 1.41 bits per heavy atom. The van der Waals surface area contributed by atoms with Crippen molar-refractivity contribution in [2.45, 2.75) is 25.8 Å². The molecule has 1 aromatic rings. The lowest BCUT2D eigenvalue weighted by molar-refractivity contribution is -0.116. The van der Waals surface area contributed by atoms with Crippen LogP contribution in [-0.4, -0.2) is 23.7 Å². The van der Waals surface area contributed by atoms with Gasteiger partial charge in [-0.2, -0.15) is 0 Å². The summed E-state index contributed by atoms with van der Waals surface area (Å²) in [7, 11) is 0. The van der Waals surface area contributed by atoms with Crippen LogP contribution in [0, 0.1) is 11.8 Å². The minimum absolute atomic E-state index is 0.0414. The Kier molecular flexibility index (Phi) is 5.84. The number of nitrogens with one attached hydrogen (secondary N) is 1. The summed E-state index contributed by atoms with van der Waals surface area (Å²) in [4.78, 5) is 11.4. The van der Waals surface area contributed by atoms with Crippen LogP contribution in [0.3, 0.4) is 0 Å². The molecule has 3 nitrogen and oxygen atoms in total. The van der Waals surface area contributed by atoms with Gasteiger partial charge < -0.3 is 10.4 Å². The second kappa shape index (κ2) is 7.48. The zero-order valence-corrected chi connectivity index (χ0v) is 9.94. The van der Waals surface area contributed by atoms with Crippen molar-refractivity contribution in [3.05, 3.63) is 35.9 Å². The zero-order chi connectivity index (χ0) is 12.5. The van der Waals surface area contributed by atoms with Gasteiger partial charge in [-0.1, -0.05) is 24.1 Å². The van der Waals surface area contributed by atoms with E-state index in [1.165, 1.54) is 0 Å². The van der Waals surface area contributed by atoms with Crippen molar-refractivity contribution in [2.75, 3.05) is 6.61 Å². The number of aliphatic hydroxyl groups is 1. The quantitative estimate of drug-likeness (QED) is 0.768. The minimum Gasteiger partial charge on any atom is -0.396 e. The van der Waals surface area contributed by atoms with E-state index in [1.807, 2.05) is 37.3 Å². The molecule has 1 atom stereocenters. The monoisotopic (exact) mass is 231 g/mol. The predicted molar refractivity (Wildman–Crippen MR) is 67.2 cm³/mol. The average molecular weight is 231 g/mol. The van der Waals surface area contributed by atoms with Crippen molar-refractivity contribution in [2.24, 2.45) is 0 Å². The summed E-state index contributed by atoms with van der Waals surface area (Å²) in [5, 5.41) is 11.4. The molecule has 0 heterocycles. The van der Waals surface area contributed by atoms with Crippen LogP contribution in [0.4, 0.5) is 0 Å². The highest BCUT2D eigenvalue weighted by Crippen LogP contribution is 1.96. The number of carbonyl (C=O) groups is 1. The van der Waals surface area contributed by atoms with Crippen LogP contribution in [0.15, 0.2) is 30.3 Å². The van der Waals surface area contributed by atoms with Crippen molar-refractivity contribution in [3.63, 3.8) is 0 Å². The largest absolute Gasteiger partial charge is 0.396 e. The Balaban J connectivity index is 2.42. The van der Waals surface area contributed by atoms with Crippen molar-refractivity contribution in [3.8, 4) is 11.8 Å². The van der Waals surface area contributed by atoms with Gasteiger partial charge in [0.2, 0.25) is 0 Å². The summed E-state index contributed by atoms with van der Waals surface area (Å²) in [5.74, 6) is 5.06. The van der Waals surface area contributed by atoms with E-state index < -0.39 is 0 Å². The fourth-order valence-corrected chi connectivity index (χ4v) is 1.38. The topological polar surface area (TPSA) is 49.3 Å². The van der Waals surface area contributed by atoms with E-state index in [9.17, 15) is 4.79 Å². The summed E-state index contributed by atoms with van der Waals surface area (Å²) < 4.78 is 0. The van der Waals surface area contributed by atoms with E-state index in [4.69, 9.17) is 5.11 Å². The average Bonchev–Trinajstić information content (AvgIpc) is 2.35. The first-order valence-corrected chi connectivity index (χ1v) is 5.71. The lowest BCUT2D eigenvalue weighted by Crippen LogP contribution is -2.31. The second-order valence-electron chi connectivity index (χ2n) is 3.86. The molecule has 0 aliphatic rings. The maximum atomic E-state index is 11.4. The number of hydrogen-bond donors (Lipinski definition) is 2. The number of rotatable bonds is 4. The van der Waals surface area contributed by atoms with Crippen LogP contribution in [0.5, 0.6) is 0 Å². The summed E-state index contributed by atoms with van der Waals surface area (Å²) in [6, 6.07) is 9.42. The Hall–Kier alpha value is -1.79. The Morgan fingerprint density at radius 2 is 2.12 bits per heavy atom. The first kappa shape index (κ1) is 13.3. The second-order valence-corrected chi connectivity index (χ2v) is 3.86. The predicted octanol–water partition coefficient (Wildman–Crippen LogP) is 1.32. The van der Waals surface area contributed by atoms with Gasteiger partial charge in [-0.15, -0.1) is 0 Å². The molecule has 1 aromatic carbocycles. The molecule has 3 heteroatoms. The van der Waals surface area contributed by atoms with E-state index in [0.717, 1.165) is 12.0 Å². The van der Waals surface area contributed by atoms with E-state index in [2.05, 4.69) is 17.2 Å². The number of hydrogen-bond acceptors (Lipinski definition) is 2. The van der Waals surface area contributed by atoms with E-state index in [1.54, 1.807) is 0 Å². The zero-order valence-electron chi connectivity index (χ0n) is 9.94. The first-order valence-electron chi connectivity index (χ1n) is 5.71. The molecule has 0 aliphatic carbocycles. The third kappa shape index (κ3) is 5.74. The SMILES string of the molecule is CC(CCCO)NC(=O)C#Cc1ccccc1. The molecule has 1 unspecified atom stereocenters. The van der Waals surface area contributed by atoms with Crippen molar-refractivity contribution < 1.29 is 9.90 Å². The third-order valence-corrected chi connectivity index (χ3v) is 2.27. The van der Waals surface area contributed by atoms with Gasteiger partial charge in [-0.3, -0.25) is 4.79 Å². The first-order chi connectivity index (χ1) is 8.22. The fourth-order valence-electron chi connectivity index (χ4n) is 1.38. The number of carbonyl (C=O) groups excluding carboxylic acids is 1. The van der Waals surface area contributed by atoms with Crippen molar-refractivity contribution in [1.29, 1.82) is 0 Å². The van der Waals surface area contributed by atoms with Gasteiger partial charge in [0.15, 0.2) is 0 Å². The van der Waals surface area contributed by atoms with Crippen molar-refractivity contribution in [1.82, 2.24) is 5.32 Å². The van der Waals surface area contributed by atoms with Crippen molar-refractivity contribution >= 4 is 5.91 Å². The van der Waals surface area contributed by atoms with Gasteiger partial charge in [0.05, 0.1) is 0 Å². The van der Waals surface area contributed by atoms with E-state index in [-0.39, 0.29) is 18.6 Å². The highest BCUT2D eigenvalue weighted by Gasteiger charge is 2.03. The Morgan fingerprint density at radius 3 is 2.76 bits per heavy atom. The molecule has 0 aliphatic heterocycles. The molecular formula is C14H17NO2. The summed E-state index contributed by atoms with van der Waals surface area (Å²) in [6.07, 6.45) is 1.45. The fraction of sp³-hybridized carbons (Fsp3) is 0.357. The lowest BCUT2D eigenvalue weighted by Gasteiger charge is -2.09. The summed E-state index contributed by atoms with van der Waals surface area (Å²) in [6.45, 7) is 2.05. The molecule has 0 aromatic heterocycles. The van der Waals surface area contributed by atoms with Gasteiger partial charge >= 0.3 is 0 Å².